The molecule has 26 heavy (non-hydrogen) atoms. The third-order valence-electron chi connectivity index (χ3n) is 4.42. The van der Waals surface area contributed by atoms with Crippen LogP contribution in [-0.4, -0.2) is 19.6 Å². The summed E-state index contributed by atoms with van der Waals surface area (Å²) in [6, 6.07) is 16.0. The van der Waals surface area contributed by atoms with Crippen LogP contribution in [0.5, 0.6) is 0 Å². The van der Waals surface area contributed by atoms with E-state index in [1.54, 1.807) is 45.0 Å². The first-order valence-corrected chi connectivity index (χ1v) is 10.3. The van der Waals surface area contributed by atoms with Crippen LogP contribution in [0.2, 0.25) is 0 Å². The molecule has 0 heterocycles. The summed E-state index contributed by atoms with van der Waals surface area (Å²) in [5, 5.41) is 2.39. The van der Waals surface area contributed by atoms with Gasteiger partial charge in [0.25, 0.3) is 0 Å². The van der Waals surface area contributed by atoms with Crippen LogP contribution in [-0.2, 0) is 20.4 Å². The molecule has 3 N–H and O–H groups in total. The Morgan fingerprint density at radius 3 is 2.31 bits per heavy atom. The zero-order valence-electron chi connectivity index (χ0n) is 15.3. The fraction of sp³-hybridized carbons (Fsp3) is 0.350. The van der Waals surface area contributed by atoms with Crippen molar-refractivity contribution in [2.45, 2.75) is 37.8 Å². The highest BCUT2D eigenvalue weighted by atomic mass is 32.2. The van der Waals surface area contributed by atoms with Crippen LogP contribution >= 0.6 is 0 Å². The van der Waals surface area contributed by atoms with Crippen LogP contribution in [0.25, 0.3) is 0 Å². The van der Waals surface area contributed by atoms with E-state index in [4.69, 9.17) is 5.73 Å². The first kappa shape index (κ1) is 20.1. The normalized spacial score (nSPS) is 14.0. The Bertz CT molecular complexity index is 848. The van der Waals surface area contributed by atoms with Crippen LogP contribution in [0.3, 0.4) is 0 Å². The van der Waals surface area contributed by atoms with Crippen LogP contribution in [0.1, 0.15) is 37.9 Å². The van der Waals surface area contributed by atoms with Crippen molar-refractivity contribution < 1.29 is 13.2 Å². The van der Waals surface area contributed by atoms with Gasteiger partial charge in [0.1, 0.15) is 0 Å². The zero-order chi connectivity index (χ0) is 19.3. The van der Waals surface area contributed by atoms with Gasteiger partial charge in [-0.15, -0.1) is 0 Å². The molecule has 0 aliphatic rings. The van der Waals surface area contributed by atoms with Crippen LogP contribution in [0.4, 0.5) is 5.69 Å². The van der Waals surface area contributed by atoms with Crippen molar-refractivity contribution in [1.29, 1.82) is 0 Å². The van der Waals surface area contributed by atoms with Gasteiger partial charge < -0.3 is 11.1 Å². The lowest BCUT2D eigenvalue weighted by Crippen LogP contribution is -2.30. The van der Waals surface area contributed by atoms with E-state index in [2.05, 4.69) is 5.32 Å². The molecule has 0 saturated carbocycles. The SMILES string of the molecule is CC(C(=O)Nc1cccc(CS(=O)(=O)C(C)C)c1)C(N)c1ccccc1. The summed E-state index contributed by atoms with van der Waals surface area (Å²) in [5.41, 5.74) is 8.31. The molecule has 0 fully saturated rings. The number of sulfone groups is 1. The summed E-state index contributed by atoms with van der Waals surface area (Å²) in [7, 11) is -3.19. The number of anilines is 1. The van der Waals surface area contributed by atoms with E-state index < -0.39 is 27.0 Å². The van der Waals surface area contributed by atoms with Gasteiger partial charge in [0, 0.05) is 11.7 Å². The van der Waals surface area contributed by atoms with Crippen molar-refractivity contribution in [3.05, 3.63) is 65.7 Å². The van der Waals surface area contributed by atoms with Gasteiger partial charge in [-0.05, 0) is 37.1 Å². The average molecular weight is 375 g/mol. The number of rotatable bonds is 7. The molecule has 0 aliphatic carbocycles. The minimum Gasteiger partial charge on any atom is -0.326 e. The monoisotopic (exact) mass is 374 g/mol. The number of benzene rings is 2. The predicted molar refractivity (Wildman–Crippen MR) is 105 cm³/mol. The molecule has 140 valence electrons. The van der Waals surface area contributed by atoms with E-state index in [0.717, 1.165) is 5.56 Å². The minimum atomic E-state index is -3.19. The van der Waals surface area contributed by atoms with E-state index in [9.17, 15) is 13.2 Å². The molecule has 2 unspecified atom stereocenters. The highest BCUT2D eigenvalue weighted by molar-refractivity contribution is 7.91. The molecule has 0 bridgehead atoms. The second kappa shape index (κ2) is 8.47. The van der Waals surface area contributed by atoms with Crippen molar-refractivity contribution in [2.24, 2.45) is 11.7 Å². The summed E-state index contributed by atoms with van der Waals surface area (Å²) in [5.74, 6) is -0.682. The minimum absolute atomic E-state index is 0.0482. The molecular weight excluding hydrogens is 348 g/mol. The summed E-state index contributed by atoms with van der Waals surface area (Å²) < 4.78 is 24.2. The second-order valence-electron chi connectivity index (χ2n) is 6.77. The number of amides is 1. The van der Waals surface area contributed by atoms with Gasteiger partial charge in [0.2, 0.25) is 5.91 Å². The third kappa shape index (κ3) is 5.16. The lowest BCUT2D eigenvalue weighted by atomic mass is 9.94. The van der Waals surface area contributed by atoms with E-state index in [1.807, 2.05) is 30.3 Å². The Morgan fingerprint density at radius 2 is 1.69 bits per heavy atom. The number of carbonyl (C=O) groups is 1. The highest BCUT2D eigenvalue weighted by Crippen LogP contribution is 2.22. The Balaban J connectivity index is 2.08. The van der Waals surface area contributed by atoms with Crippen molar-refractivity contribution in [1.82, 2.24) is 0 Å². The molecule has 0 spiro atoms. The molecule has 2 aromatic carbocycles. The number of nitrogens with two attached hydrogens (primary N) is 1. The fourth-order valence-corrected chi connectivity index (χ4v) is 3.50. The number of carbonyl (C=O) groups excluding carboxylic acids is 1. The summed E-state index contributed by atoms with van der Waals surface area (Å²) in [6.45, 7) is 5.10. The Morgan fingerprint density at radius 1 is 1.04 bits per heavy atom. The van der Waals surface area contributed by atoms with Crippen molar-refractivity contribution >= 4 is 21.4 Å². The van der Waals surface area contributed by atoms with E-state index >= 15 is 0 Å². The second-order valence-corrected chi connectivity index (χ2v) is 9.33. The van der Waals surface area contributed by atoms with Gasteiger partial charge in [-0.25, -0.2) is 8.42 Å². The number of hydrogen-bond donors (Lipinski definition) is 2. The molecule has 0 radical (unpaired) electrons. The molecule has 0 saturated heterocycles. The largest absolute Gasteiger partial charge is 0.326 e. The smallest absolute Gasteiger partial charge is 0.229 e. The van der Waals surface area contributed by atoms with Gasteiger partial charge >= 0.3 is 0 Å². The maximum Gasteiger partial charge on any atom is 0.229 e. The maximum atomic E-state index is 12.5. The maximum absolute atomic E-state index is 12.5. The van der Waals surface area contributed by atoms with Gasteiger partial charge in [0.15, 0.2) is 9.84 Å². The summed E-state index contributed by atoms with van der Waals surface area (Å²) in [4.78, 5) is 12.5. The molecule has 0 aliphatic heterocycles. The van der Waals surface area contributed by atoms with Crippen LogP contribution < -0.4 is 11.1 Å². The summed E-state index contributed by atoms with van der Waals surface area (Å²) >= 11 is 0. The molecule has 6 heteroatoms. The van der Waals surface area contributed by atoms with Crippen LogP contribution in [0, 0.1) is 5.92 Å². The fourth-order valence-electron chi connectivity index (χ4n) is 2.52. The van der Waals surface area contributed by atoms with Crippen LogP contribution in [0.15, 0.2) is 54.6 Å². The van der Waals surface area contributed by atoms with Gasteiger partial charge in [0.05, 0.1) is 16.9 Å². The Kier molecular flexibility index (Phi) is 6.56. The molecule has 2 aromatic rings. The predicted octanol–water partition coefficient (Wildman–Crippen LogP) is 3.28. The van der Waals surface area contributed by atoms with Gasteiger partial charge in [-0.1, -0.05) is 49.4 Å². The first-order valence-electron chi connectivity index (χ1n) is 8.62. The topological polar surface area (TPSA) is 89.3 Å². The van der Waals surface area contributed by atoms with Crippen molar-refractivity contribution in [3.8, 4) is 0 Å². The molecule has 2 atom stereocenters. The molecule has 1 amide bonds. The third-order valence-corrected chi connectivity index (χ3v) is 6.59. The first-order chi connectivity index (χ1) is 12.2. The number of hydrogen-bond acceptors (Lipinski definition) is 4. The lowest BCUT2D eigenvalue weighted by Gasteiger charge is -2.20. The quantitative estimate of drug-likeness (QED) is 0.778. The van der Waals surface area contributed by atoms with Gasteiger partial charge in [-0.2, -0.15) is 0 Å². The summed E-state index contributed by atoms with van der Waals surface area (Å²) in [6.07, 6.45) is 0. The lowest BCUT2D eigenvalue weighted by molar-refractivity contribution is -0.120. The van der Waals surface area contributed by atoms with E-state index in [-0.39, 0.29) is 11.7 Å². The Labute approximate surface area is 155 Å². The average Bonchev–Trinajstić information content (AvgIpc) is 2.61. The molecule has 0 aromatic heterocycles. The zero-order valence-corrected chi connectivity index (χ0v) is 16.2. The molecule has 2 rings (SSSR count). The standard InChI is InChI=1S/C20H26N2O3S/c1-14(2)26(24,25)13-16-8-7-11-18(12-16)22-20(23)15(3)19(21)17-9-5-4-6-10-17/h4-12,14-15,19H,13,21H2,1-3H3,(H,22,23). The molecular formula is C20H26N2O3S. The van der Waals surface area contributed by atoms with E-state index in [1.165, 1.54) is 0 Å². The highest BCUT2D eigenvalue weighted by Gasteiger charge is 2.22. The molecule has 5 nitrogen and oxygen atoms in total. The van der Waals surface area contributed by atoms with E-state index in [0.29, 0.717) is 11.3 Å². The number of nitrogens with one attached hydrogen (secondary N) is 1. The van der Waals surface area contributed by atoms with Crippen molar-refractivity contribution in [3.63, 3.8) is 0 Å². The van der Waals surface area contributed by atoms with Gasteiger partial charge in [-0.3, -0.25) is 4.79 Å². The Hall–Kier alpha value is -2.18. The van der Waals surface area contributed by atoms with Crippen molar-refractivity contribution in [2.75, 3.05) is 5.32 Å².